The van der Waals surface area contributed by atoms with Crippen LogP contribution in [0.4, 0.5) is 0 Å². The van der Waals surface area contributed by atoms with Crippen molar-refractivity contribution in [3.8, 4) is 0 Å². The molecule has 4 unspecified atom stereocenters. The zero-order valence-electron chi connectivity index (χ0n) is 19.9. The zero-order valence-corrected chi connectivity index (χ0v) is 19.9. The molecule has 3 aliphatic rings. The summed E-state index contributed by atoms with van der Waals surface area (Å²) in [5.41, 5.74) is 1.95. The maximum atomic E-state index is 12.2. The summed E-state index contributed by atoms with van der Waals surface area (Å²) < 4.78 is 11.8. The Kier molecular flexibility index (Phi) is 8.54. The van der Waals surface area contributed by atoms with Crippen LogP contribution in [0.3, 0.4) is 0 Å². The van der Waals surface area contributed by atoms with Gasteiger partial charge in [0.1, 0.15) is 24.6 Å². The fourth-order valence-corrected chi connectivity index (χ4v) is 6.48. The molecular weight excluding hydrogens is 428 g/mol. The number of aliphatic hydroxyl groups excluding tert-OH is 5. The van der Waals surface area contributed by atoms with Crippen LogP contribution >= 0.6 is 0 Å². The number of hydrogen-bond donors (Lipinski definition) is 5. The van der Waals surface area contributed by atoms with Crippen LogP contribution in [0.5, 0.6) is 0 Å². The van der Waals surface area contributed by atoms with E-state index < -0.39 is 41.5 Å². The van der Waals surface area contributed by atoms with Gasteiger partial charge in [-0.05, 0) is 49.0 Å². The van der Waals surface area contributed by atoms with E-state index in [0.29, 0.717) is 18.4 Å². The predicted molar refractivity (Wildman–Crippen MR) is 121 cm³/mol. The summed E-state index contributed by atoms with van der Waals surface area (Å²) in [6.07, 6.45) is 1.33. The number of allylic oxidation sites excluding steroid dienone is 2. The Morgan fingerprint density at radius 2 is 1.91 bits per heavy atom. The first kappa shape index (κ1) is 26.5. The molecule has 8 atom stereocenters. The third-order valence-electron chi connectivity index (χ3n) is 8.23. The van der Waals surface area contributed by atoms with E-state index >= 15 is 0 Å². The van der Waals surface area contributed by atoms with Crippen molar-refractivity contribution in [1.29, 1.82) is 0 Å². The van der Waals surface area contributed by atoms with Crippen LogP contribution in [0.2, 0.25) is 0 Å². The molecule has 1 saturated carbocycles. The molecule has 2 fully saturated rings. The standard InChI is InChI=1S/C25H40O8/c1-15(7-10-26)5-6-17-16(12-27)11-19(33-23-21(31)20(30)18(29)13-32-23)22-24(2,14-28)8-4-9-25(17,22)3/h7,12,18-23,26,28-31H,4-6,8-11,13-14H2,1-3H3/b15-7-/t18-,19?,20-,21+,22?,23-,24?,25?/m0/s1. The Morgan fingerprint density at radius 3 is 2.55 bits per heavy atom. The van der Waals surface area contributed by atoms with Crippen molar-refractivity contribution < 1.29 is 39.8 Å². The van der Waals surface area contributed by atoms with Crippen molar-refractivity contribution in [1.82, 2.24) is 0 Å². The van der Waals surface area contributed by atoms with Gasteiger partial charge in [-0.1, -0.05) is 37.5 Å². The lowest BCUT2D eigenvalue weighted by Gasteiger charge is -2.58. The summed E-state index contributed by atoms with van der Waals surface area (Å²) >= 11 is 0. The summed E-state index contributed by atoms with van der Waals surface area (Å²) in [5, 5.41) is 49.9. The fourth-order valence-electron chi connectivity index (χ4n) is 6.48. The second kappa shape index (κ2) is 10.6. The summed E-state index contributed by atoms with van der Waals surface area (Å²) in [5.74, 6) is -0.135. The van der Waals surface area contributed by atoms with Gasteiger partial charge in [0.25, 0.3) is 0 Å². The molecule has 3 rings (SSSR count). The van der Waals surface area contributed by atoms with Gasteiger partial charge in [0.15, 0.2) is 6.29 Å². The molecule has 1 heterocycles. The molecule has 33 heavy (non-hydrogen) atoms. The minimum atomic E-state index is -1.42. The van der Waals surface area contributed by atoms with Crippen molar-refractivity contribution in [2.45, 2.75) is 90.0 Å². The van der Waals surface area contributed by atoms with Gasteiger partial charge in [-0.3, -0.25) is 4.79 Å². The number of hydrogen-bond acceptors (Lipinski definition) is 8. The molecule has 1 saturated heterocycles. The van der Waals surface area contributed by atoms with Crippen LogP contribution in [-0.2, 0) is 14.3 Å². The molecule has 0 aromatic rings. The van der Waals surface area contributed by atoms with E-state index in [1.165, 1.54) is 0 Å². The van der Waals surface area contributed by atoms with E-state index in [-0.39, 0.29) is 25.7 Å². The van der Waals surface area contributed by atoms with Crippen LogP contribution in [0.25, 0.3) is 0 Å². The number of carbonyl (C=O) groups is 1. The largest absolute Gasteiger partial charge is 0.396 e. The second-order valence-corrected chi connectivity index (χ2v) is 10.5. The first-order chi connectivity index (χ1) is 15.6. The van der Waals surface area contributed by atoms with Gasteiger partial charge in [0, 0.05) is 18.9 Å². The van der Waals surface area contributed by atoms with Crippen LogP contribution in [0.15, 0.2) is 22.8 Å². The van der Waals surface area contributed by atoms with E-state index in [2.05, 4.69) is 6.92 Å². The van der Waals surface area contributed by atoms with E-state index in [1.54, 1.807) is 6.08 Å². The smallest absolute Gasteiger partial charge is 0.186 e. The van der Waals surface area contributed by atoms with E-state index in [9.17, 15) is 30.3 Å². The Morgan fingerprint density at radius 1 is 1.18 bits per heavy atom. The van der Waals surface area contributed by atoms with E-state index in [4.69, 9.17) is 9.47 Å². The van der Waals surface area contributed by atoms with Gasteiger partial charge in [-0.2, -0.15) is 0 Å². The summed E-state index contributed by atoms with van der Waals surface area (Å²) in [4.78, 5) is 12.2. The van der Waals surface area contributed by atoms with Crippen molar-refractivity contribution in [3.63, 3.8) is 0 Å². The lowest BCUT2D eigenvalue weighted by atomic mass is 9.48. The second-order valence-electron chi connectivity index (χ2n) is 10.5. The molecule has 5 N–H and O–H groups in total. The topological polar surface area (TPSA) is 137 Å². The monoisotopic (exact) mass is 468 g/mol. The lowest BCUT2D eigenvalue weighted by Crippen LogP contribution is -2.59. The summed E-state index contributed by atoms with van der Waals surface area (Å²) in [7, 11) is 0. The van der Waals surface area contributed by atoms with E-state index in [0.717, 1.165) is 43.1 Å². The van der Waals surface area contributed by atoms with Gasteiger partial charge < -0.3 is 35.0 Å². The van der Waals surface area contributed by atoms with Crippen LogP contribution in [0.1, 0.15) is 59.3 Å². The highest BCUT2D eigenvalue weighted by atomic mass is 16.7. The molecule has 2 aliphatic carbocycles. The minimum absolute atomic E-state index is 0.0198. The minimum Gasteiger partial charge on any atom is -0.396 e. The number of aliphatic hydroxyl groups is 5. The first-order valence-corrected chi connectivity index (χ1v) is 12.0. The molecule has 0 aromatic heterocycles. The normalized spacial score (nSPS) is 42.2. The van der Waals surface area contributed by atoms with Crippen molar-refractivity contribution in [3.05, 3.63) is 22.8 Å². The molecule has 0 radical (unpaired) electrons. The average molecular weight is 469 g/mol. The quantitative estimate of drug-likeness (QED) is 0.265. The molecule has 0 amide bonds. The lowest BCUT2D eigenvalue weighted by molar-refractivity contribution is -0.297. The zero-order chi connectivity index (χ0) is 24.4. The van der Waals surface area contributed by atoms with Crippen molar-refractivity contribution in [2.75, 3.05) is 19.8 Å². The Bertz CT molecular complexity index is 764. The first-order valence-electron chi connectivity index (χ1n) is 12.0. The van der Waals surface area contributed by atoms with Gasteiger partial charge in [-0.25, -0.2) is 0 Å². The van der Waals surface area contributed by atoms with Crippen LogP contribution < -0.4 is 0 Å². The molecule has 8 heteroatoms. The highest BCUT2D eigenvalue weighted by Crippen LogP contribution is 2.61. The Balaban J connectivity index is 1.97. The predicted octanol–water partition coefficient (Wildman–Crippen LogP) is 1.23. The van der Waals surface area contributed by atoms with Crippen molar-refractivity contribution in [2.24, 2.45) is 16.7 Å². The Hall–Kier alpha value is -1.13. The number of ether oxygens (including phenoxy) is 2. The number of aldehydes is 1. The molecule has 188 valence electrons. The molecule has 1 aliphatic heterocycles. The molecule has 0 bridgehead atoms. The van der Waals surface area contributed by atoms with Gasteiger partial charge >= 0.3 is 0 Å². The fraction of sp³-hybridized carbons (Fsp3) is 0.800. The molecule has 0 spiro atoms. The number of rotatable bonds is 8. The highest BCUT2D eigenvalue weighted by Gasteiger charge is 2.57. The highest BCUT2D eigenvalue weighted by molar-refractivity contribution is 5.76. The Labute approximate surface area is 195 Å². The third kappa shape index (κ3) is 5.12. The van der Waals surface area contributed by atoms with Gasteiger partial charge in [0.2, 0.25) is 0 Å². The van der Waals surface area contributed by atoms with Crippen LogP contribution in [0, 0.1) is 16.7 Å². The SMILES string of the molecule is C/C(=C/CO)CCC1=C(C=O)CC(O[C@@H]2OC[C@H](O)[C@H](O)[C@H]2O)C2C(C)(CO)CCCC12C. The number of carbonyl (C=O) groups excluding carboxylic acids is 1. The van der Waals surface area contributed by atoms with Gasteiger partial charge in [0.05, 0.1) is 19.3 Å². The molecule has 8 nitrogen and oxygen atoms in total. The average Bonchev–Trinajstić information content (AvgIpc) is 2.78. The van der Waals surface area contributed by atoms with E-state index in [1.807, 2.05) is 13.8 Å². The van der Waals surface area contributed by atoms with Gasteiger partial charge in [-0.15, -0.1) is 0 Å². The summed E-state index contributed by atoms with van der Waals surface area (Å²) in [6, 6.07) is 0. The molecular formula is C25H40O8. The summed E-state index contributed by atoms with van der Waals surface area (Å²) in [6.45, 7) is 5.94. The maximum Gasteiger partial charge on any atom is 0.186 e. The maximum absolute atomic E-state index is 12.2. The van der Waals surface area contributed by atoms with Crippen molar-refractivity contribution >= 4 is 6.29 Å². The third-order valence-corrected chi connectivity index (χ3v) is 8.23. The van der Waals surface area contributed by atoms with Crippen LogP contribution in [-0.4, -0.2) is 82.3 Å². The number of fused-ring (bicyclic) bond motifs is 1. The molecule has 0 aromatic carbocycles.